The Morgan fingerprint density at radius 3 is 2.65 bits per heavy atom. The van der Waals surface area contributed by atoms with E-state index in [1.807, 2.05) is 18.4 Å². The first-order valence-electron chi connectivity index (χ1n) is 5.95. The Morgan fingerprint density at radius 1 is 1.30 bits per heavy atom. The average Bonchev–Trinajstić information content (AvgIpc) is 2.94. The molecule has 1 aromatic carbocycles. The van der Waals surface area contributed by atoms with Crippen LogP contribution in [0.4, 0.5) is 5.69 Å². The Balaban J connectivity index is 2.23. The molecule has 2 rings (SSSR count). The molecular formula is C16H12N2OS. The molecule has 0 radical (unpaired) electrons. The molecule has 1 aromatic heterocycles. The first-order chi connectivity index (χ1) is 9.61. The number of carbonyl (C=O) groups excluding carboxylic acids is 1. The lowest BCUT2D eigenvalue weighted by Gasteiger charge is -2.10. The summed E-state index contributed by atoms with van der Waals surface area (Å²) in [5, 5.41) is 10.3. The maximum atomic E-state index is 11.7. The summed E-state index contributed by atoms with van der Waals surface area (Å²) in [4.78, 5) is 14.2. The molecule has 0 aliphatic heterocycles. The van der Waals surface area contributed by atoms with Gasteiger partial charge in [-0.2, -0.15) is 5.26 Å². The van der Waals surface area contributed by atoms with Crippen molar-refractivity contribution in [1.82, 2.24) is 0 Å². The standard InChI is InChI=1S/C16H12N2OS/c1-12-5-7-13(8-6-12)15-10-14(11-20-15)18(2)16(19)4-3-9-17/h5-8,10-11H,1-2H3. The highest BCUT2D eigenvalue weighted by molar-refractivity contribution is 7.14. The highest BCUT2D eigenvalue weighted by atomic mass is 32.1. The molecule has 0 N–H and O–H groups in total. The topological polar surface area (TPSA) is 44.1 Å². The zero-order valence-corrected chi connectivity index (χ0v) is 12.0. The van der Waals surface area contributed by atoms with Gasteiger partial charge in [-0.1, -0.05) is 29.8 Å². The summed E-state index contributed by atoms with van der Waals surface area (Å²) in [6.45, 7) is 2.05. The highest BCUT2D eigenvalue weighted by Crippen LogP contribution is 2.31. The number of hydrogen-bond acceptors (Lipinski definition) is 3. The zero-order valence-electron chi connectivity index (χ0n) is 11.2. The Kier molecular flexibility index (Phi) is 4.20. The summed E-state index contributed by atoms with van der Waals surface area (Å²) in [6.07, 6.45) is 0. The number of amides is 1. The van der Waals surface area contributed by atoms with E-state index in [9.17, 15) is 4.79 Å². The lowest BCUT2D eigenvalue weighted by atomic mass is 10.1. The van der Waals surface area contributed by atoms with Gasteiger partial charge < -0.3 is 4.90 Å². The summed E-state index contributed by atoms with van der Waals surface area (Å²) in [5.74, 6) is 3.99. The van der Waals surface area contributed by atoms with E-state index in [0.717, 1.165) is 16.1 Å². The maximum Gasteiger partial charge on any atom is 0.303 e. The Morgan fingerprint density at radius 2 is 2.00 bits per heavy atom. The number of anilines is 1. The number of carbonyl (C=O) groups is 1. The minimum Gasteiger partial charge on any atom is -0.304 e. The van der Waals surface area contributed by atoms with Crippen LogP contribution in [0.1, 0.15) is 5.56 Å². The normalized spacial score (nSPS) is 9.25. The van der Waals surface area contributed by atoms with Crippen LogP contribution < -0.4 is 4.90 Å². The van der Waals surface area contributed by atoms with Crippen LogP contribution >= 0.6 is 11.3 Å². The van der Waals surface area contributed by atoms with E-state index in [2.05, 4.69) is 36.1 Å². The second kappa shape index (κ2) is 6.06. The second-order valence-corrected chi connectivity index (χ2v) is 5.17. The molecule has 0 aliphatic carbocycles. The lowest BCUT2D eigenvalue weighted by Crippen LogP contribution is -2.23. The molecule has 0 saturated heterocycles. The number of nitriles is 1. The molecule has 2 aromatic rings. The number of hydrogen-bond donors (Lipinski definition) is 0. The van der Waals surface area contributed by atoms with Crippen molar-refractivity contribution in [2.75, 3.05) is 11.9 Å². The Hall–Kier alpha value is -2.56. The Bertz CT molecular complexity index is 726. The number of nitrogens with zero attached hydrogens (tertiary/aromatic N) is 2. The molecule has 0 aliphatic rings. The van der Waals surface area contributed by atoms with Gasteiger partial charge >= 0.3 is 5.91 Å². The van der Waals surface area contributed by atoms with Gasteiger partial charge in [-0.3, -0.25) is 4.79 Å². The summed E-state index contributed by atoms with van der Waals surface area (Å²) in [6, 6.07) is 11.8. The van der Waals surface area contributed by atoms with Gasteiger partial charge in [0, 0.05) is 29.1 Å². The predicted molar refractivity (Wildman–Crippen MR) is 81.3 cm³/mol. The van der Waals surface area contributed by atoms with Crippen molar-refractivity contribution in [1.29, 1.82) is 5.26 Å². The van der Waals surface area contributed by atoms with E-state index in [-0.39, 0.29) is 5.91 Å². The minimum absolute atomic E-state index is 0.389. The van der Waals surface area contributed by atoms with Crippen LogP contribution in [0.2, 0.25) is 0 Å². The molecule has 0 saturated carbocycles. The maximum absolute atomic E-state index is 11.7. The quantitative estimate of drug-likeness (QED) is 0.793. The number of benzene rings is 1. The number of thiophene rings is 1. The van der Waals surface area contributed by atoms with Crippen molar-refractivity contribution in [3.63, 3.8) is 0 Å². The predicted octanol–water partition coefficient (Wildman–Crippen LogP) is 3.21. The second-order valence-electron chi connectivity index (χ2n) is 4.26. The smallest absolute Gasteiger partial charge is 0.303 e. The van der Waals surface area contributed by atoms with Gasteiger partial charge in [0.05, 0.1) is 5.69 Å². The molecule has 20 heavy (non-hydrogen) atoms. The van der Waals surface area contributed by atoms with Gasteiger partial charge in [0.25, 0.3) is 0 Å². The molecule has 0 unspecified atom stereocenters. The first-order valence-corrected chi connectivity index (χ1v) is 6.83. The van der Waals surface area contributed by atoms with Crippen LogP contribution in [0.15, 0.2) is 35.7 Å². The van der Waals surface area contributed by atoms with Crippen molar-refractivity contribution >= 4 is 22.9 Å². The third-order valence-electron chi connectivity index (χ3n) is 2.84. The van der Waals surface area contributed by atoms with Crippen molar-refractivity contribution in [3.8, 4) is 28.4 Å². The van der Waals surface area contributed by atoms with E-state index in [0.29, 0.717) is 0 Å². The van der Waals surface area contributed by atoms with E-state index >= 15 is 0 Å². The summed E-state index contributed by atoms with van der Waals surface area (Å²) in [5.41, 5.74) is 3.11. The SMILES string of the molecule is Cc1ccc(-c2cc(N(C)C(=O)C#CC#N)cs2)cc1. The fraction of sp³-hybridized carbons (Fsp3) is 0.125. The fourth-order valence-electron chi connectivity index (χ4n) is 1.65. The third kappa shape index (κ3) is 3.06. The largest absolute Gasteiger partial charge is 0.304 e. The van der Waals surface area contributed by atoms with Crippen LogP contribution in [-0.4, -0.2) is 13.0 Å². The number of aryl methyl sites for hydroxylation is 1. The molecule has 0 fully saturated rings. The molecule has 3 nitrogen and oxygen atoms in total. The molecule has 0 spiro atoms. The third-order valence-corrected chi connectivity index (χ3v) is 3.81. The lowest BCUT2D eigenvalue weighted by molar-refractivity contribution is -0.113. The summed E-state index contributed by atoms with van der Waals surface area (Å²) >= 11 is 1.57. The van der Waals surface area contributed by atoms with Crippen LogP contribution in [-0.2, 0) is 4.79 Å². The monoisotopic (exact) mass is 280 g/mol. The molecular weight excluding hydrogens is 268 g/mol. The van der Waals surface area contributed by atoms with Gasteiger partial charge in [0.1, 0.15) is 0 Å². The van der Waals surface area contributed by atoms with E-state index in [1.54, 1.807) is 24.5 Å². The molecule has 1 heterocycles. The van der Waals surface area contributed by atoms with E-state index in [4.69, 9.17) is 5.26 Å². The van der Waals surface area contributed by atoms with Crippen molar-refractivity contribution in [3.05, 3.63) is 41.3 Å². The molecule has 98 valence electrons. The number of rotatable bonds is 2. The van der Waals surface area contributed by atoms with Crippen molar-refractivity contribution in [2.24, 2.45) is 0 Å². The van der Waals surface area contributed by atoms with E-state index in [1.165, 1.54) is 10.5 Å². The fourth-order valence-corrected chi connectivity index (χ4v) is 2.59. The zero-order chi connectivity index (χ0) is 14.5. The molecule has 1 amide bonds. The van der Waals surface area contributed by atoms with Gasteiger partial charge in [-0.25, -0.2) is 0 Å². The van der Waals surface area contributed by atoms with Gasteiger partial charge in [0.2, 0.25) is 0 Å². The molecule has 4 heteroatoms. The van der Waals surface area contributed by atoms with Crippen molar-refractivity contribution in [2.45, 2.75) is 6.92 Å². The van der Waals surface area contributed by atoms with Crippen molar-refractivity contribution < 1.29 is 4.79 Å². The minimum atomic E-state index is -0.389. The molecule has 0 bridgehead atoms. The molecule has 0 atom stereocenters. The summed E-state index contributed by atoms with van der Waals surface area (Å²) < 4.78 is 0. The van der Waals surface area contributed by atoms with Gasteiger partial charge in [0.15, 0.2) is 6.07 Å². The Labute approximate surface area is 122 Å². The van der Waals surface area contributed by atoms with Gasteiger partial charge in [-0.15, -0.1) is 11.3 Å². The average molecular weight is 280 g/mol. The highest BCUT2D eigenvalue weighted by Gasteiger charge is 2.11. The van der Waals surface area contributed by atoms with Gasteiger partial charge in [-0.05, 0) is 18.6 Å². The van der Waals surface area contributed by atoms with Crippen LogP contribution in [0.3, 0.4) is 0 Å². The van der Waals surface area contributed by atoms with Crippen LogP contribution in [0, 0.1) is 30.1 Å². The van der Waals surface area contributed by atoms with Crippen LogP contribution in [0.25, 0.3) is 10.4 Å². The van der Waals surface area contributed by atoms with E-state index < -0.39 is 0 Å². The summed E-state index contributed by atoms with van der Waals surface area (Å²) in [7, 11) is 1.65. The van der Waals surface area contributed by atoms with Crippen LogP contribution in [0.5, 0.6) is 0 Å². The first kappa shape index (κ1) is 13.9.